The van der Waals surface area contributed by atoms with E-state index < -0.39 is 0 Å². The topological polar surface area (TPSA) is 43.8 Å². The molecule has 0 saturated heterocycles. The van der Waals surface area contributed by atoms with E-state index in [-0.39, 0.29) is 18.6 Å². The molecule has 0 aliphatic carbocycles. The van der Waals surface area contributed by atoms with Crippen molar-refractivity contribution in [2.24, 2.45) is 0 Å². The van der Waals surface area contributed by atoms with Crippen LogP contribution in [0.3, 0.4) is 0 Å². The molecule has 1 atom stereocenters. The second kappa shape index (κ2) is 7.13. The van der Waals surface area contributed by atoms with E-state index in [0.29, 0.717) is 13.1 Å². The van der Waals surface area contributed by atoms with Gasteiger partial charge in [0.15, 0.2) is 0 Å². The summed E-state index contributed by atoms with van der Waals surface area (Å²) in [5, 5.41) is 8.87. The maximum absolute atomic E-state index is 12.2. The van der Waals surface area contributed by atoms with Crippen LogP contribution in [0, 0.1) is 0 Å². The molecule has 0 aliphatic rings. The standard InChI is InChI=1S/C14H22N2O2/c1-12(15(2)9-10-17)14(18)16(3)11-13-7-5-4-6-8-13/h4-8,12,17H,9-11H2,1-3H3. The van der Waals surface area contributed by atoms with Crippen molar-refractivity contribution < 1.29 is 9.90 Å². The molecule has 1 rings (SSSR count). The summed E-state index contributed by atoms with van der Waals surface area (Å²) in [5.74, 6) is 0.0646. The molecule has 4 nitrogen and oxygen atoms in total. The fourth-order valence-corrected chi connectivity index (χ4v) is 1.79. The summed E-state index contributed by atoms with van der Waals surface area (Å²) in [4.78, 5) is 15.7. The lowest BCUT2D eigenvalue weighted by Gasteiger charge is -2.27. The van der Waals surface area contributed by atoms with E-state index >= 15 is 0 Å². The van der Waals surface area contributed by atoms with Crippen LogP contribution in [0.2, 0.25) is 0 Å². The first-order valence-corrected chi connectivity index (χ1v) is 6.16. The number of hydrogen-bond acceptors (Lipinski definition) is 3. The van der Waals surface area contributed by atoms with Gasteiger partial charge < -0.3 is 10.0 Å². The SMILES string of the molecule is CC(C(=O)N(C)Cc1ccccc1)N(C)CCO. The molecule has 0 aromatic heterocycles. The van der Waals surface area contributed by atoms with Gasteiger partial charge in [0.2, 0.25) is 5.91 Å². The van der Waals surface area contributed by atoms with Gasteiger partial charge in [0.1, 0.15) is 0 Å². The van der Waals surface area contributed by atoms with Crippen molar-refractivity contribution in [3.63, 3.8) is 0 Å². The molecule has 1 unspecified atom stereocenters. The van der Waals surface area contributed by atoms with Crippen molar-refractivity contribution in [2.75, 3.05) is 27.2 Å². The van der Waals surface area contributed by atoms with E-state index in [1.165, 1.54) is 0 Å². The van der Waals surface area contributed by atoms with Gasteiger partial charge in [0, 0.05) is 20.1 Å². The molecule has 0 saturated carbocycles. The highest BCUT2D eigenvalue weighted by atomic mass is 16.3. The number of amides is 1. The molecule has 0 aliphatic heterocycles. The number of rotatable bonds is 6. The Labute approximate surface area is 109 Å². The van der Waals surface area contributed by atoms with Crippen LogP contribution in [-0.4, -0.2) is 54.1 Å². The van der Waals surface area contributed by atoms with Gasteiger partial charge in [-0.15, -0.1) is 0 Å². The van der Waals surface area contributed by atoms with Crippen LogP contribution in [0.4, 0.5) is 0 Å². The molecule has 4 heteroatoms. The largest absolute Gasteiger partial charge is 0.395 e. The van der Waals surface area contributed by atoms with E-state index in [9.17, 15) is 4.79 Å². The monoisotopic (exact) mass is 250 g/mol. The Hall–Kier alpha value is -1.39. The number of benzene rings is 1. The van der Waals surface area contributed by atoms with E-state index in [1.807, 2.05) is 49.2 Å². The number of hydrogen-bond donors (Lipinski definition) is 1. The summed E-state index contributed by atoms with van der Waals surface area (Å²) in [6.45, 7) is 3.04. The number of nitrogens with zero attached hydrogens (tertiary/aromatic N) is 2. The lowest BCUT2D eigenvalue weighted by atomic mass is 10.2. The third-order valence-electron chi connectivity index (χ3n) is 3.11. The van der Waals surface area contributed by atoms with Crippen molar-refractivity contribution in [3.05, 3.63) is 35.9 Å². The van der Waals surface area contributed by atoms with Crippen LogP contribution in [0.1, 0.15) is 12.5 Å². The van der Waals surface area contributed by atoms with Crippen LogP contribution in [-0.2, 0) is 11.3 Å². The lowest BCUT2D eigenvalue weighted by Crippen LogP contribution is -2.44. The fourth-order valence-electron chi connectivity index (χ4n) is 1.79. The maximum Gasteiger partial charge on any atom is 0.239 e. The zero-order valence-corrected chi connectivity index (χ0v) is 11.3. The summed E-state index contributed by atoms with van der Waals surface area (Å²) >= 11 is 0. The summed E-state index contributed by atoms with van der Waals surface area (Å²) in [6, 6.07) is 9.69. The van der Waals surface area contributed by atoms with E-state index in [1.54, 1.807) is 11.9 Å². The van der Waals surface area contributed by atoms with Gasteiger partial charge in [-0.3, -0.25) is 9.69 Å². The third-order valence-corrected chi connectivity index (χ3v) is 3.11. The Morgan fingerprint density at radius 3 is 2.44 bits per heavy atom. The maximum atomic E-state index is 12.2. The van der Waals surface area contributed by atoms with Gasteiger partial charge in [-0.05, 0) is 19.5 Å². The first-order valence-electron chi connectivity index (χ1n) is 6.16. The van der Waals surface area contributed by atoms with Gasteiger partial charge in [-0.1, -0.05) is 30.3 Å². The van der Waals surface area contributed by atoms with Crippen LogP contribution < -0.4 is 0 Å². The smallest absolute Gasteiger partial charge is 0.239 e. The fraction of sp³-hybridized carbons (Fsp3) is 0.500. The molecule has 0 fully saturated rings. The Balaban J connectivity index is 2.56. The van der Waals surface area contributed by atoms with E-state index in [4.69, 9.17) is 5.11 Å². The molecule has 1 N–H and O–H groups in total. The second-order valence-electron chi connectivity index (χ2n) is 4.56. The minimum Gasteiger partial charge on any atom is -0.395 e. The predicted octanol–water partition coefficient (Wildman–Crippen LogP) is 0.958. The molecular weight excluding hydrogens is 228 g/mol. The molecule has 1 aromatic rings. The van der Waals surface area contributed by atoms with Gasteiger partial charge in [-0.25, -0.2) is 0 Å². The zero-order chi connectivity index (χ0) is 13.5. The normalized spacial score (nSPS) is 12.5. The van der Waals surface area contributed by atoms with Crippen molar-refractivity contribution >= 4 is 5.91 Å². The predicted molar refractivity (Wildman–Crippen MR) is 72.1 cm³/mol. The molecular formula is C14H22N2O2. The summed E-state index contributed by atoms with van der Waals surface area (Å²) in [5.41, 5.74) is 1.12. The Kier molecular flexibility index (Phi) is 5.82. The minimum absolute atomic E-state index is 0.0646. The average Bonchev–Trinajstić information content (AvgIpc) is 2.38. The Morgan fingerprint density at radius 2 is 1.89 bits per heavy atom. The molecule has 18 heavy (non-hydrogen) atoms. The highest BCUT2D eigenvalue weighted by molar-refractivity contribution is 5.81. The van der Waals surface area contributed by atoms with Crippen molar-refractivity contribution in [1.29, 1.82) is 0 Å². The molecule has 1 aromatic carbocycles. The zero-order valence-electron chi connectivity index (χ0n) is 11.3. The van der Waals surface area contributed by atoms with Gasteiger partial charge >= 0.3 is 0 Å². The summed E-state index contributed by atoms with van der Waals surface area (Å²) in [7, 11) is 3.65. The lowest BCUT2D eigenvalue weighted by molar-refractivity contribution is -0.135. The highest BCUT2D eigenvalue weighted by Gasteiger charge is 2.21. The molecule has 0 bridgehead atoms. The minimum atomic E-state index is -0.217. The Morgan fingerprint density at radius 1 is 1.28 bits per heavy atom. The first kappa shape index (κ1) is 14.7. The Bertz CT molecular complexity index is 367. The second-order valence-corrected chi connectivity index (χ2v) is 4.56. The summed E-state index contributed by atoms with van der Waals surface area (Å²) in [6.07, 6.45) is 0. The van der Waals surface area contributed by atoms with Gasteiger partial charge in [0.25, 0.3) is 0 Å². The molecule has 0 radical (unpaired) electrons. The van der Waals surface area contributed by atoms with Crippen LogP contribution in [0.5, 0.6) is 0 Å². The van der Waals surface area contributed by atoms with Crippen molar-refractivity contribution in [3.8, 4) is 0 Å². The summed E-state index contributed by atoms with van der Waals surface area (Å²) < 4.78 is 0. The van der Waals surface area contributed by atoms with Gasteiger partial charge in [0.05, 0.1) is 12.6 Å². The van der Waals surface area contributed by atoms with Crippen molar-refractivity contribution in [1.82, 2.24) is 9.80 Å². The highest BCUT2D eigenvalue weighted by Crippen LogP contribution is 2.06. The van der Waals surface area contributed by atoms with Crippen LogP contribution in [0.15, 0.2) is 30.3 Å². The van der Waals surface area contributed by atoms with Crippen LogP contribution >= 0.6 is 0 Å². The quantitative estimate of drug-likeness (QED) is 0.818. The third kappa shape index (κ3) is 4.13. The number of aliphatic hydroxyl groups is 1. The van der Waals surface area contributed by atoms with E-state index in [0.717, 1.165) is 5.56 Å². The molecule has 0 spiro atoms. The number of likely N-dealkylation sites (N-methyl/N-ethyl adjacent to an activating group) is 2. The average molecular weight is 250 g/mol. The molecule has 0 heterocycles. The molecule has 1 amide bonds. The molecule has 100 valence electrons. The van der Waals surface area contributed by atoms with Crippen molar-refractivity contribution in [2.45, 2.75) is 19.5 Å². The number of carbonyl (C=O) groups is 1. The van der Waals surface area contributed by atoms with Crippen LogP contribution in [0.25, 0.3) is 0 Å². The van der Waals surface area contributed by atoms with Gasteiger partial charge in [-0.2, -0.15) is 0 Å². The first-order chi connectivity index (χ1) is 8.56. The number of carbonyl (C=O) groups excluding carboxylic acids is 1. The van der Waals surface area contributed by atoms with E-state index in [2.05, 4.69) is 0 Å². The number of aliphatic hydroxyl groups excluding tert-OH is 1.